The van der Waals surface area contributed by atoms with Crippen molar-refractivity contribution < 1.29 is 30.3 Å². The number of benzene rings is 1. The van der Waals surface area contributed by atoms with E-state index in [1.807, 2.05) is 0 Å². The smallest absolute Gasteiger partial charge is 0.184 e. The molecule has 1 saturated heterocycles. The summed E-state index contributed by atoms with van der Waals surface area (Å²) >= 11 is 0. The molecule has 0 aromatic heterocycles. The minimum atomic E-state index is -1.81. The Morgan fingerprint density at radius 1 is 0.947 bits per heavy atom. The molecule has 5 N–H and O–H groups in total. The predicted molar refractivity (Wildman–Crippen MR) is 63.0 cm³/mol. The Morgan fingerprint density at radius 3 is 2.21 bits per heavy atom. The lowest BCUT2D eigenvalue weighted by molar-refractivity contribution is -0.380. The molecule has 1 aromatic rings. The first-order valence-electron chi connectivity index (χ1n) is 6.13. The van der Waals surface area contributed by atoms with Crippen LogP contribution in [0.15, 0.2) is 30.3 Å². The van der Waals surface area contributed by atoms with Crippen molar-refractivity contribution in [1.29, 1.82) is 0 Å². The summed E-state index contributed by atoms with van der Waals surface area (Å²) in [5, 5.41) is 49.6. The van der Waals surface area contributed by atoms with Gasteiger partial charge in [0.1, 0.15) is 23.9 Å². The maximum Gasteiger partial charge on any atom is 0.184 e. The van der Waals surface area contributed by atoms with E-state index in [-0.39, 0.29) is 0 Å². The second kappa shape index (κ2) is 4.24. The third-order valence-electron chi connectivity index (χ3n) is 4.14. The molecule has 6 nitrogen and oxygen atoms in total. The zero-order chi connectivity index (χ0) is 13.8. The second-order valence-corrected chi connectivity index (χ2v) is 5.15. The average Bonchev–Trinajstić information content (AvgIpc) is 2.42. The zero-order valence-corrected chi connectivity index (χ0v) is 10.00. The van der Waals surface area contributed by atoms with Crippen LogP contribution >= 0.6 is 0 Å². The lowest BCUT2D eigenvalue weighted by atomic mass is 9.57. The highest BCUT2D eigenvalue weighted by Gasteiger charge is 2.70. The average molecular weight is 268 g/mol. The van der Waals surface area contributed by atoms with E-state index in [1.54, 1.807) is 30.3 Å². The van der Waals surface area contributed by atoms with Crippen LogP contribution in [0, 0.1) is 0 Å². The molecule has 6 heteroatoms. The van der Waals surface area contributed by atoms with Crippen molar-refractivity contribution >= 4 is 0 Å². The number of ether oxygens (including phenoxy) is 1. The molecule has 7 atom stereocenters. The Bertz CT molecular complexity index is 461. The van der Waals surface area contributed by atoms with Gasteiger partial charge in [-0.1, -0.05) is 30.3 Å². The fourth-order valence-corrected chi connectivity index (χ4v) is 3.11. The number of aliphatic hydroxyl groups excluding tert-OH is 4. The van der Waals surface area contributed by atoms with Gasteiger partial charge in [-0.2, -0.15) is 0 Å². The molecule has 0 amide bonds. The van der Waals surface area contributed by atoms with Crippen LogP contribution in [0.25, 0.3) is 0 Å². The SMILES string of the molecule is OC1C(c2ccccc2)[C@@]2(O)[C@@H]1O[C@@H](O)[C@H](O)[C@H]2O. The standard InChI is InChI=1S/C13H16O6/c14-8-7(6-4-2-1-3-5-6)13(18)10(16)9(15)12(17)19-11(8)13/h1-5,7-12,14-18H/t7?,8?,9-,10-,11-,12-,13+/m1/s1. The van der Waals surface area contributed by atoms with E-state index in [9.17, 15) is 25.5 Å². The summed E-state index contributed by atoms with van der Waals surface area (Å²) in [6.07, 6.45) is -6.99. The lowest BCUT2D eigenvalue weighted by Crippen LogP contribution is -2.80. The minimum absolute atomic E-state index is 0.639. The Morgan fingerprint density at radius 2 is 1.58 bits per heavy atom. The van der Waals surface area contributed by atoms with Gasteiger partial charge in [-0.3, -0.25) is 0 Å². The van der Waals surface area contributed by atoms with Gasteiger partial charge in [-0.05, 0) is 5.56 Å². The van der Waals surface area contributed by atoms with E-state index in [0.717, 1.165) is 0 Å². The maximum atomic E-state index is 10.6. The Labute approximate surface area is 109 Å². The summed E-state index contributed by atoms with van der Waals surface area (Å²) < 4.78 is 4.98. The van der Waals surface area contributed by atoms with Gasteiger partial charge in [0.05, 0.1) is 6.10 Å². The minimum Gasteiger partial charge on any atom is -0.390 e. The summed E-state index contributed by atoms with van der Waals surface area (Å²) in [5.74, 6) is -0.768. The summed E-state index contributed by atoms with van der Waals surface area (Å²) in [5.41, 5.74) is -1.17. The van der Waals surface area contributed by atoms with Crippen LogP contribution in [-0.2, 0) is 4.74 Å². The fourth-order valence-electron chi connectivity index (χ4n) is 3.11. The van der Waals surface area contributed by atoms with Gasteiger partial charge in [0.15, 0.2) is 6.29 Å². The molecular formula is C13H16O6. The Hall–Kier alpha value is -1.02. The molecule has 0 bridgehead atoms. The predicted octanol–water partition coefficient (Wildman–Crippen LogP) is -1.69. The number of hydrogen-bond acceptors (Lipinski definition) is 6. The van der Waals surface area contributed by atoms with Gasteiger partial charge in [-0.15, -0.1) is 0 Å². The second-order valence-electron chi connectivity index (χ2n) is 5.15. The molecule has 2 aliphatic rings. The van der Waals surface area contributed by atoms with E-state index < -0.39 is 42.2 Å². The van der Waals surface area contributed by atoms with E-state index in [2.05, 4.69) is 0 Å². The van der Waals surface area contributed by atoms with Crippen LogP contribution in [0.5, 0.6) is 0 Å². The summed E-state index contributed by atoms with van der Waals surface area (Å²) in [6.45, 7) is 0. The number of rotatable bonds is 1. The Balaban J connectivity index is 1.97. The van der Waals surface area contributed by atoms with Crippen molar-refractivity contribution in [2.24, 2.45) is 0 Å². The highest BCUT2D eigenvalue weighted by atomic mass is 16.6. The van der Waals surface area contributed by atoms with Crippen LogP contribution in [0.3, 0.4) is 0 Å². The monoisotopic (exact) mass is 268 g/mol. The van der Waals surface area contributed by atoms with Crippen LogP contribution < -0.4 is 0 Å². The largest absolute Gasteiger partial charge is 0.390 e. The number of aliphatic hydroxyl groups is 5. The van der Waals surface area contributed by atoms with E-state index in [1.165, 1.54) is 0 Å². The molecule has 0 spiro atoms. The van der Waals surface area contributed by atoms with Crippen LogP contribution in [0.2, 0.25) is 0 Å². The first-order valence-corrected chi connectivity index (χ1v) is 6.13. The molecule has 3 rings (SSSR count). The quantitative estimate of drug-likeness (QED) is 0.416. The molecular weight excluding hydrogens is 252 g/mol. The van der Waals surface area contributed by atoms with Gasteiger partial charge < -0.3 is 30.3 Å². The van der Waals surface area contributed by atoms with Crippen molar-refractivity contribution in [3.05, 3.63) is 35.9 Å². The molecule has 0 radical (unpaired) electrons. The zero-order valence-electron chi connectivity index (χ0n) is 10.00. The van der Waals surface area contributed by atoms with Crippen molar-refractivity contribution in [2.45, 2.75) is 42.2 Å². The number of fused-ring (bicyclic) bond motifs is 1. The topological polar surface area (TPSA) is 110 Å². The summed E-state index contributed by atoms with van der Waals surface area (Å²) in [4.78, 5) is 0. The van der Waals surface area contributed by atoms with Crippen LogP contribution in [0.1, 0.15) is 11.5 Å². The summed E-state index contributed by atoms with van der Waals surface area (Å²) in [7, 11) is 0. The molecule has 1 heterocycles. The number of hydrogen-bond donors (Lipinski definition) is 5. The van der Waals surface area contributed by atoms with Crippen LogP contribution in [0.4, 0.5) is 0 Å². The van der Waals surface area contributed by atoms with E-state index in [4.69, 9.17) is 4.74 Å². The highest BCUT2D eigenvalue weighted by Crippen LogP contribution is 2.53. The fraction of sp³-hybridized carbons (Fsp3) is 0.538. The van der Waals surface area contributed by atoms with Crippen molar-refractivity contribution in [1.82, 2.24) is 0 Å². The normalized spacial score (nSPS) is 49.3. The Kier molecular flexibility index (Phi) is 2.90. The molecule has 1 aliphatic carbocycles. The first kappa shape index (κ1) is 13.0. The van der Waals surface area contributed by atoms with Crippen molar-refractivity contribution in [2.75, 3.05) is 0 Å². The lowest BCUT2D eigenvalue weighted by Gasteiger charge is -2.61. The first-order chi connectivity index (χ1) is 8.98. The molecule has 104 valence electrons. The van der Waals surface area contributed by atoms with Gasteiger partial charge in [0, 0.05) is 5.92 Å². The molecule has 2 fully saturated rings. The van der Waals surface area contributed by atoms with Crippen LogP contribution in [-0.4, -0.2) is 61.8 Å². The van der Waals surface area contributed by atoms with E-state index >= 15 is 0 Å². The van der Waals surface area contributed by atoms with Gasteiger partial charge in [0.2, 0.25) is 0 Å². The maximum absolute atomic E-state index is 10.6. The third-order valence-corrected chi connectivity index (χ3v) is 4.14. The highest BCUT2D eigenvalue weighted by molar-refractivity contribution is 5.35. The summed E-state index contributed by atoms with van der Waals surface area (Å²) in [6, 6.07) is 8.72. The molecule has 2 unspecified atom stereocenters. The van der Waals surface area contributed by atoms with Gasteiger partial charge in [0.25, 0.3) is 0 Å². The van der Waals surface area contributed by atoms with Crippen molar-refractivity contribution in [3.8, 4) is 0 Å². The molecule has 1 saturated carbocycles. The molecule has 1 aromatic carbocycles. The molecule has 19 heavy (non-hydrogen) atoms. The van der Waals surface area contributed by atoms with Gasteiger partial charge in [-0.25, -0.2) is 0 Å². The van der Waals surface area contributed by atoms with E-state index in [0.29, 0.717) is 5.56 Å². The van der Waals surface area contributed by atoms with Crippen molar-refractivity contribution in [3.63, 3.8) is 0 Å². The molecule has 1 aliphatic heterocycles. The third kappa shape index (κ3) is 1.59. The van der Waals surface area contributed by atoms with Gasteiger partial charge >= 0.3 is 0 Å².